The summed E-state index contributed by atoms with van der Waals surface area (Å²) in [6, 6.07) is 11.0. The number of rotatable bonds is 6. The van der Waals surface area contributed by atoms with Gasteiger partial charge in [-0.2, -0.15) is 0 Å². The summed E-state index contributed by atoms with van der Waals surface area (Å²) in [7, 11) is 0. The first-order valence-corrected chi connectivity index (χ1v) is 10.3. The lowest BCUT2D eigenvalue weighted by Gasteiger charge is -2.29. The van der Waals surface area contributed by atoms with Gasteiger partial charge in [0.2, 0.25) is 5.91 Å². The molecule has 0 bridgehead atoms. The van der Waals surface area contributed by atoms with Gasteiger partial charge in [0.1, 0.15) is 6.10 Å². The Labute approximate surface area is 167 Å². The maximum Gasteiger partial charge on any atom is 0.317 e. The van der Waals surface area contributed by atoms with E-state index in [-0.39, 0.29) is 18.1 Å². The monoisotopic (exact) mass is 381 g/mol. The summed E-state index contributed by atoms with van der Waals surface area (Å²) in [4.78, 5) is 21.1. The van der Waals surface area contributed by atoms with Gasteiger partial charge in [0.05, 0.1) is 6.42 Å². The Morgan fingerprint density at radius 1 is 1.07 bits per heavy atom. The van der Waals surface area contributed by atoms with Crippen molar-refractivity contribution in [1.82, 2.24) is 15.3 Å². The molecule has 1 aromatic heterocycles. The first-order chi connectivity index (χ1) is 13.4. The van der Waals surface area contributed by atoms with Crippen LogP contribution >= 0.6 is 0 Å². The third-order valence-corrected chi connectivity index (χ3v) is 5.28. The van der Waals surface area contributed by atoms with Gasteiger partial charge in [-0.25, -0.2) is 9.97 Å². The van der Waals surface area contributed by atoms with E-state index >= 15 is 0 Å². The number of benzene rings is 1. The Morgan fingerprint density at radius 3 is 2.25 bits per heavy atom. The molecule has 1 N–H and O–H groups in total. The predicted octanol–water partition coefficient (Wildman–Crippen LogP) is 4.27. The molecule has 0 saturated heterocycles. The van der Waals surface area contributed by atoms with Crippen LogP contribution in [0.1, 0.15) is 68.0 Å². The number of hydrogen-bond acceptors (Lipinski definition) is 4. The number of nitrogens with zero attached hydrogens (tertiary/aromatic N) is 2. The zero-order valence-electron chi connectivity index (χ0n) is 17.4. The van der Waals surface area contributed by atoms with Crippen molar-refractivity contribution >= 4 is 5.91 Å². The van der Waals surface area contributed by atoms with Crippen molar-refractivity contribution in [3.05, 3.63) is 52.8 Å². The first-order valence-electron chi connectivity index (χ1n) is 10.3. The molecular formula is C23H31N3O2. The number of amides is 1. The Morgan fingerprint density at radius 2 is 1.68 bits per heavy atom. The maximum atomic E-state index is 12.4. The van der Waals surface area contributed by atoms with Crippen molar-refractivity contribution < 1.29 is 9.53 Å². The summed E-state index contributed by atoms with van der Waals surface area (Å²) < 4.78 is 5.96. The highest BCUT2D eigenvalue weighted by molar-refractivity contribution is 5.78. The second-order valence-electron chi connectivity index (χ2n) is 8.17. The molecule has 3 rings (SSSR count). The van der Waals surface area contributed by atoms with Crippen LogP contribution < -0.4 is 10.1 Å². The number of hydrogen-bond donors (Lipinski definition) is 1. The normalized spacial score (nSPS) is 19.5. The van der Waals surface area contributed by atoms with Crippen molar-refractivity contribution in [1.29, 1.82) is 0 Å². The first kappa shape index (κ1) is 20.3. The lowest BCUT2D eigenvalue weighted by Crippen LogP contribution is -2.40. The lowest BCUT2D eigenvalue weighted by molar-refractivity contribution is -0.121. The smallest absolute Gasteiger partial charge is 0.317 e. The molecule has 0 atom stereocenters. The van der Waals surface area contributed by atoms with E-state index in [0.29, 0.717) is 18.3 Å². The molecule has 5 nitrogen and oxygen atoms in total. The molecule has 28 heavy (non-hydrogen) atoms. The fourth-order valence-corrected chi connectivity index (χ4v) is 3.70. The van der Waals surface area contributed by atoms with Crippen LogP contribution in [-0.4, -0.2) is 28.0 Å². The molecule has 1 heterocycles. The number of ether oxygens (including phenoxy) is 1. The van der Waals surface area contributed by atoms with E-state index < -0.39 is 0 Å². The predicted molar refractivity (Wildman–Crippen MR) is 111 cm³/mol. The van der Waals surface area contributed by atoms with Gasteiger partial charge in [-0.1, -0.05) is 38.1 Å². The van der Waals surface area contributed by atoms with Crippen LogP contribution in [-0.2, 0) is 11.2 Å². The minimum absolute atomic E-state index is 0.0966. The van der Waals surface area contributed by atoms with Gasteiger partial charge in [0.25, 0.3) is 0 Å². The zero-order chi connectivity index (χ0) is 20.1. The number of nitrogens with one attached hydrogen (secondary N) is 1. The molecule has 2 aromatic rings. The van der Waals surface area contributed by atoms with Crippen LogP contribution in [0, 0.1) is 13.8 Å². The van der Waals surface area contributed by atoms with Gasteiger partial charge < -0.3 is 10.1 Å². The molecule has 0 radical (unpaired) electrons. The molecule has 1 aromatic carbocycles. The number of aromatic nitrogens is 2. The number of aryl methyl sites for hydroxylation is 2. The van der Waals surface area contributed by atoms with E-state index in [2.05, 4.69) is 53.4 Å². The highest BCUT2D eigenvalue weighted by Crippen LogP contribution is 2.23. The topological polar surface area (TPSA) is 64.1 Å². The van der Waals surface area contributed by atoms with E-state index in [1.165, 1.54) is 5.56 Å². The van der Waals surface area contributed by atoms with Gasteiger partial charge in [-0.3, -0.25) is 4.79 Å². The Balaban J connectivity index is 1.44. The van der Waals surface area contributed by atoms with Crippen LogP contribution in [0.5, 0.6) is 6.01 Å². The van der Waals surface area contributed by atoms with E-state index in [4.69, 9.17) is 4.74 Å². The molecule has 1 amide bonds. The van der Waals surface area contributed by atoms with E-state index in [9.17, 15) is 4.79 Å². The summed E-state index contributed by atoms with van der Waals surface area (Å²) >= 11 is 0. The van der Waals surface area contributed by atoms with E-state index in [1.807, 2.05) is 19.9 Å². The third-order valence-electron chi connectivity index (χ3n) is 5.28. The quantitative estimate of drug-likeness (QED) is 0.812. The third kappa shape index (κ3) is 5.78. The van der Waals surface area contributed by atoms with Crippen LogP contribution in [0.3, 0.4) is 0 Å². The molecular weight excluding hydrogens is 350 g/mol. The molecule has 1 aliphatic rings. The van der Waals surface area contributed by atoms with Crippen LogP contribution in [0.15, 0.2) is 30.3 Å². The van der Waals surface area contributed by atoms with Crippen molar-refractivity contribution in [3.63, 3.8) is 0 Å². The standard InChI is InChI=1S/C23H31N3O2/c1-15(2)19-7-5-18(6-8-19)14-22(27)26-20-9-11-21(12-10-20)28-23-24-16(3)13-17(4)25-23/h5-8,13,15,20-21H,9-12,14H2,1-4H3,(H,26,27). The second-order valence-corrected chi connectivity index (χ2v) is 8.17. The summed E-state index contributed by atoms with van der Waals surface area (Å²) in [6.07, 6.45) is 4.22. The molecule has 0 unspecified atom stereocenters. The molecule has 1 fully saturated rings. The molecule has 150 valence electrons. The fourth-order valence-electron chi connectivity index (χ4n) is 3.70. The average Bonchev–Trinajstić information content (AvgIpc) is 2.63. The Kier molecular flexibility index (Phi) is 6.65. The average molecular weight is 382 g/mol. The summed E-state index contributed by atoms with van der Waals surface area (Å²) in [5.74, 6) is 0.605. The Hall–Kier alpha value is -2.43. The van der Waals surface area contributed by atoms with Crippen LogP contribution in [0.25, 0.3) is 0 Å². The summed E-state index contributed by atoms with van der Waals surface area (Å²) in [6.45, 7) is 8.25. The van der Waals surface area contributed by atoms with Crippen LogP contribution in [0.2, 0.25) is 0 Å². The maximum absolute atomic E-state index is 12.4. The molecule has 0 spiro atoms. The van der Waals surface area contributed by atoms with Crippen LogP contribution in [0.4, 0.5) is 0 Å². The number of carbonyl (C=O) groups is 1. The Bertz CT molecular complexity index is 774. The lowest BCUT2D eigenvalue weighted by atomic mass is 9.92. The van der Waals surface area contributed by atoms with E-state index in [1.54, 1.807) is 0 Å². The van der Waals surface area contributed by atoms with Crippen molar-refractivity contribution in [2.24, 2.45) is 0 Å². The molecule has 1 aliphatic carbocycles. The summed E-state index contributed by atoms with van der Waals surface area (Å²) in [5, 5.41) is 3.18. The SMILES string of the molecule is Cc1cc(C)nc(OC2CCC(NC(=O)Cc3ccc(C(C)C)cc3)CC2)n1. The summed E-state index contributed by atoms with van der Waals surface area (Å²) in [5.41, 5.74) is 4.20. The highest BCUT2D eigenvalue weighted by Gasteiger charge is 2.24. The molecule has 5 heteroatoms. The van der Waals surface area contributed by atoms with Gasteiger partial charge >= 0.3 is 6.01 Å². The minimum Gasteiger partial charge on any atom is -0.460 e. The van der Waals surface area contributed by atoms with Crippen molar-refractivity contribution in [2.75, 3.05) is 0 Å². The fraction of sp³-hybridized carbons (Fsp3) is 0.522. The molecule has 0 aliphatic heterocycles. The minimum atomic E-state index is 0.0966. The zero-order valence-corrected chi connectivity index (χ0v) is 17.4. The van der Waals surface area contributed by atoms with E-state index in [0.717, 1.165) is 42.6 Å². The second kappa shape index (κ2) is 9.18. The van der Waals surface area contributed by atoms with Gasteiger partial charge in [-0.05, 0) is 62.6 Å². The highest BCUT2D eigenvalue weighted by atomic mass is 16.5. The van der Waals surface area contributed by atoms with Crippen molar-refractivity contribution in [3.8, 4) is 6.01 Å². The largest absolute Gasteiger partial charge is 0.460 e. The van der Waals surface area contributed by atoms with Crippen molar-refractivity contribution in [2.45, 2.75) is 77.9 Å². The van der Waals surface area contributed by atoms with Gasteiger partial charge in [0.15, 0.2) is 0 Å². The van der Waals surface area contributed by atoms with Gasteiger partial charge in [0, 0.05) is 17.4 Å². The molecule has 1 saturated carbocycles. The van der Waals surface area contributed by atoms with Gasteiger partial charge in [-0.15, -0.1) is 0 Å². The number of carbonyl (C=O) groups excluding carboxylic acids is 1.